The molecule has 32 heavy (non-hydrogen) atoms. The highest BCUT2D eigenvalue weighted by Gasteiger charge is 2.26. The Morgan fingerprint density at radius 3 is 2.34 bits per heavy atom. The second kappa shape index (κ2) is 11.3. The first-order chi connectivity index (χ1) is 15.7. The lowest BCUT2D eigenvalue weighted by Gasteiger charge is -2.38. The number of benzene rings is 1. The SMILES string of the molecule is COc1ccccc1N1CCN(CC(CC(=O)N2CCCCCC2)c2ccccn2)CC1. The first-order valence-electron chi connectivity index (χ1n) is 12.0. The Labute approximate surface area is 192 Å². The Balaban J connectivity index is 1.39. The fourth-order valence-corrected chi connectivity index (χ4v) is 4.91. The smallest absolute Gasteiger partial charge is 0.223 e. The van der Waals surface area contributed by atoms with Crippen molar-refractivity contribution < 1.29 is 9.53 Å². The van der Waals surface area contributed by atoms with Gasteiger partial charge in [-0.25, -0.2) is 0 Å². The molecule has 1 aromatic carbocycles. The molecule has 6 nitrogen and oxygen atoms in total. The van der Waals surface area contributed by atoms with Crippen molar-refractivity contribution in [3.05, 3.63) is 54.4 Å². The van der Waals surface area contributed by atoms with Gasteiger partial charge in [-0.05, 0) is 37.1 Å². The molecule has 4 rings (SSSR count). The summed E-state index contributed by atoms with van der Waals surface area (Å²) in [6, 6.07) is 14.3. The van der Waals surface area contributed by atoms with Gasteiger partial charge in [-0.2, -0.15) is 0 Å². The normalized spacial score (nSPS) is 18.8. The number of hydrogen-bond donors (Lipinski definition) is 0. The molecule has 0 spiro atoms. The zero-order valence-electron chi connectivity index (χ0n) is 19.3. The molecule has 2 aliphatic rings. The lowest BCUT2D eigenvalue weighted by atomic mass is 9.98. The highest BCUT2D eigenvalue weighted by atomic mass is 16.5. The molecular weight excluding hydrogens is 400 g/mol. The van der Waals surface area contributed by atoms with Crippen molar-refractivity contribution in [3.63, 3.8) is 0 Å². The fraction of sp³-hybridized carbons (Fsp3) is 0.538. The van der Waals surface area contributed by atoms with Crippen LogP contribution in [0.1, 0.15) is 43.7 Å². The third kappa shape index (κ3) is 5.80. The Kier molecular flexibility index (Phi) is 7.99. The number of carbonyl (C=O) groups is 1. The molecular formula is C26H36N4O2. The number of anilines is 1. The van der Waals surface area contributed by atoms with Gasteiger partial charge in [-0.3, -0.25) is 14.7 Å². The number of ether oxygens (including phenoxy) is 1. The van der Waals surface area contributed by atoms with E-state index >= 15 is 0 Å². The summed E-state index contributed by atoms with van der Waals surface area (Å²) in [5, 5.41) is 0. The molecule has 3 heterocycles. The third-order valence-electron chi connectivity index (χ3n) is 6.76. The summed E-state index contributed by atoms with van der Waals surface area (Å²) in [7, 11) is 1.73. The minimum atomic E-state index is 0.129. The summed E-state index contributed by atoms with van der Waals surface area (Å²) in [5.74, 6) is 1.34. The van der Waals surface area contributed by atoms with Crippen molar-refractivity contribution in [3.8, 4) is 5.75 Å². The van der Waals surface area contributed by atoms with Crippen molar-refractivity contribution in [2.45, 2.75) is 38.0 Å². The number of aromatic nitrogens is 1. The molecule has 6 heteroatoms. The average Bonchev–Trinajstić information content (AvgIpc) is 3.14. The zero-order chi connectivity index (χ0) is 22.2. The van der Waals surface area contributed by atoms with Gasteiger partial charge in [-0.15, -0.1) is 0 Å². The first-order valence-corrected chi connectivity index (χ1v) is 12.0. The minimum Gasteiger partial charge on any atom is -0.495 e. The molecule has 0 bridgehead atoms. The summed E-state index contributed by atoms with van der Waals surface area (Å²) < 4.78 is 5.55. The quantitative estimate of drug-likeness (QED) is 0.661. The number of pyridine rings is 1. The van der Waals surface area contributed by atoms with Crippen LogP contribution in [-0.2, 0) is 4.79 Å². The van der Waals surface area contributed by atoms with Crippen molar-refractivity contribution in [1.82, 2.24) is 14.8 Å². The van der Waals surface area contributed by atoms with Crippen LogP contribution in [0.5, 0.6) is 5.75 Å². The number of nitrogens with zero attached hydrogens (tertiary/aromatic N) is 4. The van der Waals surface area contributed by atoms with Crippen molar-refractivity contribution in [2.24, 2.45) is 0 Å². The molecule has 0 N–H and O–H groups in total. The van der Waals surface area contributed by atoms with E-state index in [0.717, 1.165) is 75.8 Å². The third-order valence-corrected chi connectivity index (χ3v) is 6.76. The van der Waals surface area contributed by atoms with Gasteiger partial charge < -0.3 is 14.5 Å². The van der Waals surface area contributed by atoms with E-state index in [1.165, 1.54) is 12.8 Å². The van der Waals surface area contributed by atoms with Gasteiger partial charge in [0.15, 0.2) is 0 Å². The van der Waals surface area contributed by atoms with Crippen LogP contribution in [0, 0.1) is 0 Å². The van der Waals surface area contributed by atoms with Crippen molar-refractivity contribution >= 4 is 11.6 Å². The number of para-hydroxylation sites is 2. The predicted molar refractivity (Wildman–Crippen MR) is 128 cm³/mol. The summed E-state index contributed by atoms with van der Waals surface area (Å²) >= 11 is 0. The van der Waals surface area contributed by atoms with E-state index in [-0.39, 0.29) is 11.8 Å². The van der Waals surface area contributed by atoms with Crippen LogP contribution in [-0.4, -0.2) is 73.6 Å². The molecule has 1 unspecified atom stereocenters. The zero-order valence-corrected chi connectivity index (χ0v) is 19.3. The minimum absolute atomic E-state index is 0.129. The maximum atomic E-state index is 13.1. The number of carbonyl (C=O) groups excluding carboxylic acids is 1. The fourth-order valence-electron chi connectivity index (χ4n) is 4.91. The highest BCUT2D eigenvalue weighted by Crippen LogP contribution is 2.29. The Morgan fingerprint density at radius 2 is 1.66 bits per heavy atom. The largest absolute Gasteiger partial charge is 0.495 e. The maximum Gasteiger partial charge on any atom is 0.223 e. The summed E-state index contributed by atoms with van der Waals surface area (Å²) in [4.78, 5) is 24.7. The molecule has 2 saturated heterocycles. The number of amides is 1. The highest BCUT2D eigenvalue weighted by molar-refractivity contribution is 5.77. The van der Waals surface area contributed by atoms with Crippen molar-refractivity contribution in [1.29, 1.82) is 0 Å². The summed E-state index contributed by atoms with van der Waals surface area (Å²) in [5.41, 5.74) is 2.19. The van der Waals surface area contributed by atoms with E-state index in [1.54, 1.807) is 7.11 Å². The molecule has 1 atom stereocenters. The van der Waals surface area contributed by atoms with Crippen LogP contribution in [0.15, 0.2) is 48.7 Å². The molecule has 1 aromatic heterocycles. The first kappa shape index (κ1) is 22.6. The Hall–Kier alpha value is -2.60. The van der Waals surface area contributed by atoms with Gasteiger partial charge in [0, 0.05) is 70.0 Å². The van der Waals surface area contributed by atoms with Crippen LogP contribution < -0.4 is 9.64 Å². The van der Waals surface area contributed by atoms with Crippen LogP contribution in [0.4, 0.5) is 5.69 Å². The predicted octanol–water partition coefficient (Wildman–Crippen LogP) is 3.79. The van der Waals surface area contributed by atoms with E-state index in [9.17, 15) is 4.79 Å². The Bertz CT molecular complexity index is 844. The van der Waals surface area contributed by atoms with E-state index in [0.29, 0.717) is 6.42 Å². The molecule has 2 fully saturated rings. The van der Waals surface area contributed by atoms with Crippen LogP contribution in [0.3, 0.4) is 0 Å². The second-order valence-electron chi connectivity index (χ2n) is 8.91. The second-order valence-corrected chi connectivity index (χ2v) is 8.91. The van der Waals surface area contributed by atoms with E-state index < -0.39 is 0 Å². The van der Waals surface area contributed by atoms with Gasteiger partial charge in [0.05, 0.1) is 12.8 Å². The molecule has 2 aliphatic heterocycles. The lowest BCUT2D eigenvalue weighted by Crippen LogP contribution is -2.48. The van der Waals surface area contributed by atoms with Crippen molar-refractivity contribution in [2.75, 3.05) is 57.8 Å². The number of methoxy groups -OCH3 is 1. The number of piperazine rings is 1. The van der Waals surface area contributed by atoms with E-state index in [1.807, 2.05) is 30.5 Å². The molecule has 172 valence electrons. The molecule has 0 saturated carbocycles. The van der Waals surface area contributed by atoms with E-state index in [2.05, 4.69) is 37.9 Å². The van der Waals surface area contributed by atoms with Gasteiger partial charge in [0.1, 0.15) is 5.75 Å². The van der Waals surface area contributed by atoms with Crippen LogP contribution in [0.25, 0.3) is 0 Å². The number of likely N-dealkylation sites (tertiary alicyclic amines) is 1. The number of rotatable bonds is 7. The van der Waals surface area contributed by atoms with Gasteiger partial charge >= 0.3 is 0 Å². The topological polar surface area (TPSA) is 48.9 Å². The monoisotopic (exact) mass is 436 g/mol. The lowest BCUT2D eigenvalue weighted by molar-refractivity contribution is -0.131. The Morgan fingerprint density at radius 1 is 0.938 bits per heavy atom. The average molecular weight is 437 g/mol. The van der Waals surface area contributed by atoms with Crippen LogP contribution >= 0.6 is 0 Å². The molecule has 0 radical (unpaired) electrons. The molecule has 2 aromatic rings. The number of hydrogen-bond acceptors (Lipinski definition) is 5. The van der Waals surface area contributed by atoms with E-state index in [4.69, 9.17) is 4.74 Å². The van der Waals surface area contributed by atoms with Gasteiger partial charge in [0.25, 0.3) is 0 Å². The molecule has 0 aliphatic carbocycles. The molecule has 1 amide bonds. The summed E-state index contributed by atoms with van der Waals surface area (Å²) in [6.45, 7) is 6.54. The maximum absolute atomic E-state index is 13.1. The van der Waals surface area contributed by atoms with Gasteiger partial charge in [-0.1, -0.05) is 31.0 Å². The summed E-state index contributed by atoms with van der Waals surface area (Å²) in [6.07, 6.45) is 7.13. The van der Waals surface area contributed by atoms with Gasteiger partial charge in [0.2, 0.25) is 5.91 Å². The van der Waals surface area contributed by atoms with Crippen LogP contribution in [0.2, 0.25) is 0 Å². The standard InChI is InChI=1S/C26H36N4O2/c1-32-25-12-5-4-11-24(25)29-18-16-28(17-19-29)21-22(23-10-6-7-13-27-23)20-26(31)30-14-8-2-3-9-15-30/h4-7,10-13,22H,2-3,8-9,14-21H2,1H3.